The lowest BCUT2D eigenvalue weighted by atomic mass is 10.0. The summed E-state index contributed by atoms with van der Waals surface area (Å²) in [6, 6.07) is 32.6. The van der Waals surface area contributed by atoms with Gasteiger partial charge in [-0.25, -0.2) is 4.98 Å². The summed E-state index contributed by atoms with van der Waals surface area (Å²) in [5, 5.41) is 6.54. The summed E-state index contributed by atoms with van der Waals surface area (Å²) < 4.78 is 6.33. The lowest BCUT2D eigenvalue weighted by Crippen LogP contribution is -1.98. The second kappa shape index (κ2) is 7.37. The van der Waals surface area contributed by atoms with Crippen LogP contribution in [-0.4, -0.2) is 15.0 Å². The molecule has 0 aliphatic heterocycles. The molecule has 7 rings (SSSR count). The molecule has 0 saturated heterocycles. The van der Waals surface area contributed by atoms with Crippen molar-refractivity contribution in [2.24, 2.45) is 0 Å². The fourth-order valence-electron chi connectivity index (χ4n) is 4.75. The average molecular weight is 458 g/mol. The van der Waals surface area contributed by atoms with Crippen LogP contribution in [0.25, 0.3) is 66.3 Å². The number of nitrogens with zero attached hydrogens (tertiary/aromatic N) is 3. The van der Waals surface area contributed by atoms with Gasteiger partial charge in [0.1, 0.15) is 11.2 Å². The molecule has 0 spiro atoms. The monoisotopic (exact) mass is 457 g/mol. The molecule has 0 radical (unpaired) electrons. The minimum Gasteiger partial charge on any atom is -0.455 e. The molecule has 2 heterocycles. The molecule has 0 amide bonds. The molecule has 160 valence electrons. The normalized spacial score (nSPS) is 11.7. The lowest BCUT2D eigenvalue weighted by molar-refractivity contribution is 0.672. The number of furan rings is 1. The van der Waals surface area contributed by atoms with Gasteiger partial charge in [-0.1, -0.05) is 84.9 Å². The van der Waals surface area contributed by atoms with Gasteiger partial charge in [-0.15, -0.1) is 0 Å². The van der Waals surface area contributed by atoms with Gasteiger partial charge in [0.2, 0.25) is 5.28 Å². The fourth-order valence-corrected chi connectivity index (χ4v) is 4.91. The van der Waals surface area contributed by atoms with Crippen molar-refractivity contribution in [2.45, 2.75) is 0 Å². The first-order valence-corrected chi connectivity index (χ1v) is 11.4. The highest BCUT2D eigenvalue weighted by molar-refractivity contribution is 6.28. The zero-order valence-electron chi connectivity index (χ0n) is 17.9. The van der Waals surface area contributed by atoms with E-state index in [4.69, 9.17) is 21.0 Å². The van der Waals surface area contributed by atoms with E-state index < -0.39 is 0 Å². The van der Waals surface area contributed by atoms with Crippen molar-refractivity contribution in [3.8, 4) is 22.8 Å². The molecule has 0 aliphatic rings. The highest BCUT2D eigenvalue weighted by Crippen LogP contribution is 2.39. The second-order valence-electron chi connectivity index (χ2n) is 8.22. The lowest BCUT2D eigenvalue weighted by Gasteiger charge is -2.08. The van der Waals surface area contributed by atoms with Crippen LogP contribution in [0.5, 0.6) is 0 Å². The molecule has 0 aliphatic carbocycles. The van der Waals surface area contributed by atoms with Gasteiger partial charge < -0.3 is 4.42 Å². The molecular formula is C29H16ClN3O. The predicted molar refractivity (Wildman–Crippen MR) is 138 cm³/mol. The van der Waals surface area contributed by atoms with Crippen molar-refractivity contribution in [1.82, 2.24) is 15.0 Å². The maximum Gasteiger partial charge on any atom is 0.226 e. The molecule has 5 aromatic carbocycles. The summed E-state index contributed by atoms with van der Waals surface area (Å²) in [5.74, 6) is 1.06. The molecule has 0 N–H and O–H groups in total. The first-order chi connectivity index (χ1) is 16.8. The van der Waals surface area contributed by atoms with Gasteiger partial charge in [0.05, 0.1) is 0 Å². The summed E-state index contributed by atoms with van der Waals surface area (Å²) in [7, 11) is 0. The van der Waals surface area contributed by atoms with E-state index >= 15 is 0 Å². The van der Waals surface area contributed by atoms with Gasteiger partial charge in [0, 0.05) is 27.3 Å². The third kappa shape index (κ3) is 2.89. The van der Waals surface area contributed by atoms with Crippen LogP contribution in [-0.2, 0) is 0 Å². The molecule has 0 atom stereocenters. The predicted octanol–water partition coefficient (Wildman–Crippen LogP) is 8.06. The molecule has 4 nitrogen and oxygen atoms in total. The molecule has 0 fully saturated rings. The Labute approximate surface area is 199 Å². The van der Waals surface area contributed by atoms with Gasteiger partial charge >= 0.3 is 0 Å². The van der Waals surface area contributed by atoms with E-state index in [1.54, 1.807) is 0 Å². The molecule has 2 aromatic heterocycles. The molecule has 0 bridgehead atoms. The molecule has 0 saturated carbocycles. The van der Waals surface area contributed by atoms with E-state index in [1.165, 1.54) is 0 Å². The van der Waals surface area contributed by atoms with Crippen LogP contribution in [0.15, 0.2) is 101 Å². The van der Waals surface area contributed by atoms with Crippen LogP contribution in [0.4, 0.5) is 0 Å². The summed E-state index contributed by atoms with van der Waals surface area (Å²) >= 11 is 6.44. The van der Waals surface area contributed by atoms with E-state index in [9.17, 15) is 0 Å². The van der Waals surface area contributed by atoms with Crippen LogP contribution >= 0.6 is 11.6 Å². The van der Waals surface area contributed by atoms with Gasteiger partial charge in [-0.05, 0) is 39.9 Å². The van der Waals surface area contributed by atoms with Crippen LogP contribution in [0.1, 0.15) is 0 Å². The van der Waals surface area contributed by atoms with Gasteiger partial charge in [-0.3, -0.25) is 0 Å². The number of benzene rings is 5. The maximum atomic E-state index is 6.44. The Morgan fingerprint density at radius 3 is 2.03 bits per heavy atom. The molecule has 5 heteroatoms. The number of aromatic nitrogens is 3. The largest absolute Gasteiger partial charge is 0.455 e. The van der Waals surface area contributed by atoms with E-state index in [0.29, 0.717) is 11.6 Å². The van der Waals surface area contributed by atoms with Gasteiger partial charge in [0.15, 0.2) is 11.6 Å². The van der Waals surface area contributed by atoms with Crippen LogP contribution in [0, 0.1) is 0 Å². The van der Waals surface area contributed by atoms with Crippen LogP contribution in [0.2, 0.25) is 5.28 Å². The van der Waals surface area contributed by atoms with Crippen molar-refractivity contribution in [1.29, 1.82) is 0 Å². The van der Waals surface area contributed by atoms with Crippen molar-refractivity contribution >= 4 is 55.1 Å². The Morgan fingerprint density at radius 2 is 1.18 bits per heavy atom. The highest BCUT2D eigenvalue weighted by Gasteiger charge is 2.18. The number of halogens is 1. The van der Waals surface area contributed by atoms with Crippen LogP contribution in [0.3, 0.4) is 0 Å². The Balaban J connectivity index is 1.51. The summed E-state index contributed by atoms with van der Waals surface area (Å²) in [6.07, 6.45) is 0. The van der Waals surface area contributed by atoms with Crippen molar-refractivity contribution in [3.05, 3.63) is 102 Å². The van der Waals surface area contributed by atoms with Crippen LogP contribution < -0.4 is 0 Å². The third-order valence-corrected chi connectivity index (χ3v) is 6.44. The Kier molecular flexibility index (Phi) is 4.16. The molecule has 7 aromatic rings. The summed E-state index contributed by atoms with van der Waals surface area (Å²) in [6.45, 7) is 0. The Morgan fingerprint density at radius 1 is 0.529 bits per heavy atom. The van der Waals surface area contributed by atoms with E-state index in [0.717, 1.165) is 54.6 Å². The minimum absolute atomic E-state index is 0.156. The molecule has 34 heavy (non-hydrogen) atoms. The standard InChI is InChI=1S/C29H16ClN3O/c30-29-32-27(21-12-5-9-17-7-1-3-10-19(17)21)31-28(33-29)23-13-6-14-24-25(23)22-16-15-18-8-2-4-11-20(18)26(22)34-24/h1-16H. The van der Waals surface area contributed by atoms with Gasteiger partial charge in [0.25, 0.3) is 0 Å². The summed E-state index contributed by atoms with van der Waals surface area (Å²) in [4.78, 5) is 13.9. The number of fused-ring (bicyclic) bond motifs is 6. The van der Waals surface area contributed by atoms with E-state index in [-0.39, 0.29) is 5.28 Å². The first-order valence-electron chi connectivity index (χ1n) is 11.0. The van der Waals surface area contributed by atoms with Crippen molar-refractivity contribution < 1.29 is 4.42 Å². The Hall–Kier alpha value is -4.28. The number of hydrogen-bond donors (Lipinski definition) is 0. The Bertz CT molecular complexity index is 1890. The first kappa shape index (κ1) is 19.2. The average Bonchev–Trinajstić information content (AvgIpc) is 3.27. The van der Waals surface area contributed by atoms with Crippen molar-refractivity contribution in [2.75, 3.05) is 0 Å². The third-order valence-electron chi connectivity index (χ3n) is 6.27. The highest BCUT2D eigenvalue weighted by atomic mass is 35.5. The zero-order valence-corrected chi connectivity index (χ0v) is 18.6. The van der Waals surface area contributed by atoms with E-state index in [2.05, 4.69) is 52.4 Å². The second-order valence-corrected chi connectivity index (χ2v) is 8.56. The smallest absolute Gasteiger partial charge is 0.226 e. The topological polar surface area (TPSA) is 51.8 Å². The summed E-state index contributed by atoms with van der Waals surface area (Å²) in [5.41, 5.74) is 3.42. The SMILES string of the molecule is Clc1nc(-c2cccc3ccccc23)nc(-c2cccc3oc4c5ccccc5ccc4c23)n1. The molecule has 0 unspecified atom stereocenters. The number of rotatable bonds is 2. The fraction of sp³-hybridized carbons (Fsp3) is 0. The zero-order chi connectivity index (χ0) is 22.6. The van der Waals surface area contributed by atoms with Crippen molar-refractivity contribution in [3.63, 3.8) is 0 Å². The quantitative estimate of drug-likeness (QED) is 0.263. The van der Waals surface area contributed by atoms with E-state index in [1.807, 2.05) is 54.6 Å². The molecular weight excluding hydrogens is 442 g/mol. The van der Waals surface area contributed by atoms with Gasteiger partial charge in [-0.2, -0.15) is 9.97 Å². The maximum absolute atomic E-state index is 6.44. The number of hydrogen-bond acceptors (Lipinski definition) is 4. The minimum atomic E-state index is 0.156.